The first-order valence-electron chi connectivity index (χ1n) is 6.72. The van der Waals surface area contributed by atoms with E-state index in [9.17, 15) is 10.2 Å². The highest BCUT2D eigenvalue weighted by atomic mass is 16.3. The molecule has 1 saturated carbocycles. The van der Waals surface area contributed by atoms with Crippen molar-refractivity contribution in [1.82, 2.24) is 5.32 Å². The summed E-state index contributed by atoms with van der Waals surface area (Å²) in [6.45, 7) is 2.53. The van der Waals surface area contributed by atoms with E-state index in [1.165, 1.54) is 0 Å². The van der Waals surface area contributed by atoms with Gasteiger partial charge in [-0.15, -0.1) is 0 Å². The van der Waals surface area contributed by atoms with Crippen LogP contribution in [0.5, 0.6) is 0 Å². The molecule has 2 rings (SSSR count). The van der Waals surface area contributed by atoms with Crippen LogP contribution in [0.4, 0.5) is 0 Å². The highest BCUT2D eigenvalue weighted by molar-refractivity contribution is 5.23. The molecule has 0 bridgehead atoms. The third-order valence-corrected chi connectivity index (χ3v) is 4.07. The molecule has 0 saturated heterocycles. The van der Waals surface area contributed by atoms with Crippen LogP contribution < -0.4 is 5.32 Å². The van der Waals surface area contributed by atoms with Crippen molar-refractivity contribution in [2.75, 3.05) is 13.2 Å². The molecule has 1 aliphatic carbocycles. The largest absolute Gasteiger partial charge is 0.394 e. The minimum absolute atomic E-state index is 0.0209. The zero-order valence-corrected chi connectivity index (χ0v) is 11.0. The minimum Gasteiger partial charge on any atom is -0.394 e. The fourth-order valence-electron chi connectivity index (χ4n) is 2.62. The quantitative estimate of drug-likeness (QED) is 0.745. The molecule has 0 aliphatic heterocycles. The van der Waals surface area contributed by atoms with E-state index in [1.807, 2.05) is 37.3 Å². The molecule has 0 radical (unpaired) electrons. The van der Waals surface area contributed by atoms with Gasteiger partial charge < -0.3 is 15.5 Å². The van der Waals surface area contributed by atoms with E-state index in [-0.39, 0.29) is 6.61 Å². The summed E-state index contributed by atoms with van der Waals surface area (Å²) < 4.78 is 0. The Hall–Kier alpha value is -0.900. The molecular weight excluding hydrogens is 226 g/mol. The van der Waals surface area contributed by atoms with Crippen LogP contribution in [-0.4, -0.2) is 29.0 Å². The zero-order chi connectivity index (χ0) is 13.1. The van der Waals surface area contributed by atoms with E-state index in [4.69, 9.17) is 0 Å². The predicted octanol–water partition coefficient (Wildman–Crippen LogP) is 1.79. The first-order chi connectivity index (χ1) is 8.58. The Kier molecular flexibility index (Phi) is 4.05. The maximum Gasteiger partial charge on any atom is 0.0771 e. The number of aliphatic hydroxyl groups is 2. The molecule has 1 unspecified atom stereocenters. The SMILES string of the molecule is CC(CO)(NCC1(O)CCCC1)c1ccccc1. The molecule has 3 N–H and O–H groups in total. The van der Waals surface area contributed by atoms with Crippen LogP contribution >= 0.6 is 0 Å². The number of hydrogen-bond acceptors (Lipinski definition) is 3. The maximum atomic E-state index is 10.4. The van der Waals surface area contributed by atoms with Crippen LogP contribution in [0.3, 0.4) is 0 Å². The van der Waals surface area contributed by atoms with Crippen LogP contribution in [0.2, 0.25) is 0 Å². The van der Waals surface area contributed by atoms with E-state index in [0.29, 0.717) is 6.54 Å². The van der Waals surface area contributed by atoms with Crippen LogP contribution in [0.25, 0.3) is 0 Å². The highest BCUT2D eigenvalue weighted by Crippen LogP contribution is 2.30. The second-order valence-corrected chi connectivity index (χ2v) is 5.64. The van der Waals surface area contributed by atoms with Gasteiger partial charge >= 0.3 is 0 Å². The summed E-state index contributed by atoms with van der Waals surface area (Å²) in [7, 11) is 0. The molecular formula is C15H23NO2. The number of benzene rings is 1. The molecule has 3 heteroatoms. The Morgan fingerprint density at radius 2 is 1.83 bits per heavy atom. The van der Waals surface area contributed by atoms with Crippen LogP contribution in [0, 0.1) is 0 Å². The van der Waals surface area contributed by atoms with E-state index >= 15 is 0 Å². The third kappa shape index (κ3) is 2.91. The number of hydrogen-bond donors (Lipinski definition) is 3. The Bertz CT molecular complexity index is 373. The van der Waals surface area contributed by atoms with Crippen LogP contribution in [0.1, 0.15) is 38.2 Å². The van der Waals surface area contributed by atoms with Crippen LogP contribution in [0.15, 0.2) is 30.3 Å². The summed E-state index contributed by atoms with van der Waals surface area (Å²) in [6.07, 6.45) is 3.91. The molecule has 100 valence electrons. The second kappa shape index (κ2) is 5.39. The van der Waals surface area contributed by atoms with Gasteiger partial charge in [0.1, 0.15) is 0 Å². The van der Waals surface area contributed by atoms with Crippen molar-refractivity contribution in [2.24, 2.45) is 0 Å². The summed E-state index contributed by atoms with van der Waals surface area (Å²) in [5.74, 6) is 0. The van der Waals surface area contributed by atoms with E-state index in [0.717, 1.165) is 31.2 Å². The molecule has 0 heterocycles. The molecule has 18 heavy (non-hydrogen) atoms. The second-order valence-electron chi connectivity index (χ2n) is 5.64. The van der Waals surface area contributed by atoms with Crippen molar-refractivity contribution in [3.8, 4) is 0 Å². The lowest BCUT2D eigenvalue weighted by Gasteiger charge is -2.33. The third-order valence-electron chi connectivity index (χ3n) is 4.07. The van der Waals surface area contributed by atoms with Gasteiger partial charge in [-0.1, -0.05) is 43.2 Å². The van der Waals surface area contributed by atoms with Crippen molar-refractivity contribution >= 4 is 0 Å². The molecule has 0 aromatic heterocycles. The lowest BCUT2D eigenvalue weighted by atomic mass is 9.91. The van der Waals surface area contributed by atoms with E-state index in [1.54, 1.807) is 0 Å². The van der Waals surface area contributed by atoms with E-state index in [2.05, 4.69) is 5.32 Å². The topological polar surface area (TPSA) is 52.5 Å². The lowest BCUT2D eigenvalue weighted by molar-refractivity contribution is 0.0331. The van der Waals surface area contributed by atoms with Crippen molar-refractivity contribution in [3.05, 3.63) is 35.9 Å². The fraction of sp³-hybridized carbons (Fsp3) is 0.600. The monoisotopic (exact) mass is 249 g/mol. The average Bonchev–Trinajstić information content (AvgIpc) is 2.85. The molecule has 1 fully saturated rings. The average molecular weight is 249 g/mol. The Balaban J connectivity index is 2.04. The lowest BCUT2D eigenvalue weighted by Crippen LogP contribution is -2.49. The number of rotatable bonds is 5. The van der Waals surface area contributed by atoms with Crippen molar-refractivity contribution in [1.29, 1.82) is 0 Å². The fourth-order valence-corrected chi connectivity index (χ4v) is 2.62. The summed E-state index contributed by atoms with van der Waals surface area (Å²) in [5.41, 5.74) is -0.0285. The van der Waals surface area contributed by atoms with Gasteiger partial charge in [0.2, 0.25) is 0 Å². The number of aliphatic hydroxyl groups excluding tert-OH is 1. The van der Waals surface area contributed by atoms with Gasteiger partial charge in [-0.2, -0.15) is 0 Å². The van der Waals surface area contributed by atoms with Gasteiger partial charge in [-0.3, -0.25) is 0 Å². The predicted molar refractivity (Wildman–Crippen MR) is 72.3 cm³/mol. The smallest absolute Gasteiger partial charge is 0.0771 e. The molecule has 0 spiro atoms. The molecule has 3 nitrogen and oxygen atoms in total. The summed E-state index contributed by atoms with van der Waals surface area (Å²) >= 11 is 0. The van der Waals surface area contributed by atoms with Crippen molar-refractivity contribution < 1.29 is 10.2 Å². The maximum absolute atomic E-state index is 10.4. The van der Waals surface area contributed by atoms with Gasteiger partial charge in [-0.05, 0) is 25.3 Å². The molecule has 1 aromatic rings. The normalized spacial score (nSPS) is 21.7. The summed E-state index contributed by atoms with van der Waals surface area (Å²) in [5, 5.41) is 23.3. The van der Waals surface area contributed by atoms with Gasteiger partial charge in [0.15, 0.2) is 0 Å². The Morgan fingerprint density at radius 3 is 2.39 bits per heavy atom. The van der Waals surface area contributed by atoms with Gasteiger partial charge in [0, 0.05) is 6.54 Å². The van der Waals surface area contributed by atoms with Gasteiger partial charge in [0.25, 0.3) is 0 Å². The number of nitrogens with one attached hydrogen (secondary N) is 1. The van der Waals surface area contributed by atoms with Gasteiger partial charge in [0.05, 0.1) is 17.7 Å². The van der Waals surface area contributed by atoms with Crippen molar-refractivity contribution in [3.63, 3.8) is 0 Å². The molecule has 1 atom stereocenters. The van der Waals surface area contributed by atoms with Crippen molar-refractivity contribution in [2.45, 2.75) is 43.7 Å². The van der Waals surface area contributed by atoms with Crippen LogP contribution in [-0.2, 0) is 5.54 Å². The summed E-state index contributed by atoms with van der Waals surface area (Å²) in [4.78, 5) is 0. The highest BCUT2D eigenvalue weighted by Gasteiger charge is 2.34. The molecule has 1 aromatic carbocycles. The standard InChI is InChI=1S/C15H23NO2/c1-14(12-17,13-7-3-2-4-8-13)16-11-15(18)9-5-6-10-15/h2-4,7-8,16-18H,5-6,9-12H2,1H3. The summed E-state index contributed by atoms with van der Waals surface area (Å²) in [6, 6.07) is 9.90. The first-order valence-corrected chi connectivity index (χ1v) is 6.72. The van der Waals surface area contributed by atoms with E-state index < -0.39 is 11.1 Å². The molecule has 1 aliphatic rings. The first kappa shape index (κ1) is 13.5. The molecule has 0 amide bonds. The Labute approximate surface area is 109 Å². The zero-order valence-electron chi connectivity index (χ0n) is 11.0. The Morgan fingerprint density at radius 1 is 1.22 bits per heavy atom. The minimum atomic E-state index is -0.592. The van der Waals surface area contributed by atoms with Gasteiger partial charge in [-0.25, -0.2) is 0 Å².